The van der Waals surface area contributed by atoms with Gasteiger partial charge in [-0.05, 0) is 30.3 Å². The highest BCUT2D eigenvalue weighted by molar-refractivity contribution is 7.85. The van der Waals surface area contributed by atoms with E-state index in [2.05, 4.69) is 29.1 Å². The van der Waals surface area contributed by atoms with Crippen LogP contribution in [0, 0.1) is 0 Å². The highest BCUT2D eigenvalue weighted by atomic mass is 32.2. The minimum Gasteiger partial charge on any atom is -0.490 e. The number of nitrogens with one attached hydrogen (secondary N) is 2. The quantitative estimate of drug-likeness (QED) is 0.384. The summed E-state index contributed by atoms with van der Waals surface area (Å²) in [6.07, 6.45) is -2.26. The summed E-state index contributed by atoms with van der Waals surface area (Å²) in [4.78, 5) is 17.8. The molecule has 0 aliphatic rings. The van der Waals surface area contributed by atoms with E-state index < -0.39 is 27.6 Å². The first kappa shape index (κ1) is 22.3. The number of benzene rings is 1. The summed E-state index contributed by atoms with van der Waals surface area (Å²) in [5.74, 6) is -0.700. The molecule has 0 saturated heterocycles. The number of hydrogen-bond acceptors (Lipinski definition) is 9. The second-order valence-corrected chi connectivity index (χ2v) is 7.69. The van der Waals surface area contributed by atoms with Gasteiger partial charge in [-0.1, -0.05) is 5.16 Å². The van der Waals surface area contributed by atoms with Crippen molar-refractivity contribution in [1.82, 2.24) is 15.1 Å². The van der Waals surface area contributed by atoms with Crippen LogP contribution in [0.25, 0.3) is 11.4 Å². The molecule has 0 spiro atoms. The fraction of sp³-hybridized carbons (Fsp3) is 0.235. The third-order valence-corrected chi connectivity index (χ3v) is 4.30. The Morgan fingerprint density at radius 1 is 1.16 bits per heavy atom. The van der Waals surface area contributed by atoms with Crippen molar-refractivity contribution in [3.8, 4) is 17.1 Å². The topological polar surface area (TPSA) is 136 Å². The lowest BCUT2D eigenvalue weighted by atomic mass is 10.2. The molecule has 31 heavy (non-hydrogen) atoms. The molecule has 0 fully saturated rings. The average Bonchev–Trinajstić information content (AvgIpc) is 3.10. The molecule has 0 radical (unpaired) electrons. The second-order valence-electron chi connectivity index (χ2n) is 6.05. The van der Waals surface area contributed by atoms with Crippen molar-refractivity contribution in [2.24, 2.45) is 0 Å². The minimum atomic E-state index is -4.48. The summed E-state index contributed by atoms with van der Waals surface area (Å²) in [5, 5.41) is 6.41. The van der Waals surface area contributed by atoms with Crippen molar-refractivity contribution in [2.45, 2.75) is 6.18 Å². The van der Waals surface area contributed by atoms with Crippen molar-refractivity contribution >= 4 is 21.6 Å². The van der Waals surface area contributed by atoms with E-state index in [1.165, 1.54) is 24.4 Å². The largest absolute Gasteiger partial charge is 0.490 e. The molecule has 1 aromatic carbocycles. The minimum absolute atomic E-state index is 0.0634. The SMILES string of the molecule is CS(=O)(=O)OCCOc1ccnc(Nc2ccc(C(F)(F)F)cc2)c1-c1noc(=O)[nH]1. The maximum absolute atomic E-state index is 12.8. The predicted octanol–water partition coefficient (Wildman–Crippen LogP) is 2.54. The fourth-order valence-corrected chi connectivity index (χ4v) is 2.81. The Kier molecular flexibility index (Phi) is 6.31. The summed E-state index contributed by atoms with van der Waals surface area (Å²) in [6, 6.07) is 5.60. The van der Waals surface area contributed by atoms with Gasteiger partial charge in [0, 0.05) is 11.9 Å². The number of ether oxygens (including phenoxy) is 1. The van der Waals surface area contributed by atoms with Crippen LogP contribution in [0.3, 0.4) is 0 Å². The standard InChI is InChI=1S/C17H15F3N4O6S/c1-31(26,27)29-9-8-28-12-6-7-21-14(13(12)15-23-16(25)30-24-15)22-11-4-2-10(3-5-11)17(18,19)20/h2-7H,8-9H2,1H3,(H,21,22)(H,23,24,25). The number of anilines is 2. The average molecular weight is 460 g/mol. The smallest absolute Gasteiger partial charge is 0.439 e. The van der Waals surface area contributed by atoms with Crippen LogP contribution in [0.4, 0.5) is 24.7 Å². The van der Waals surface area contributed by atoms with Gasteiger partial charge in [0.1, 0.15) is 30.3 Å². The van der Waals surface area contributed by atoms with Gasteiger partial charge in [0.25, 0.3) is 10.1 Å². The van der Waals surface area contributed by atoms with Crippen molar-refractivity contribution < 1.29 is 35.0 Å². The molecule has 2 N–H and O–H groups in total. The highest BCUT2D eigenvalue weighted by Crippen LogP contribution is 2.35. The Balaban J connectivity index is 1.89. The lowest BCUT2D eigenvalue weighted by Crippen LogP contribution is -2.12. The van der Waals surface area contributed by atoms with Crippen LogP contribution < -0.4 is 15.8 Å². The van der Waals surface area contributed by atoms with E-state index in [-0.39, 0.29) is 41.9 Å². The molecule has 0 bridgehead atoms. The van der Waals surface area contributed by atoms with Crippen molar-refractivity contribution in [1.29, 1.82) is 0 Å². The van der Waals surface area contributed by atoms with Crippen LogP contribution in [-0.2, 0) is 20.5 Å². The summed E-state index contributed by atoms with van der Waals surface area (Å²) < 4.78 is 75.0. The van der Waals surface area contributed by atoms with Crippen molar-refractivity contribution in [3.05, 3.63) is 52.6 Å². The zero-order chi connectivity index (χ0) is 22.6. The number of alkyl halides is 3. The number of aromatic amines is 1. The van der Waals surface area contributed by atoms with Gasteiger partial charge < -0.3 is 10.1 Å². The number of nitrogens with zero attached hydrogens (tertiary/aromatic N) is 2. The monoisotopic (exact) mass is 460 g/mol. The zero-order valence-electron chi connectivity index (χ0n) is 15.8. The number of halogens is 3. The van der Waals surface area contributed by atoms with Crippen LogP contribution in [0.2, 0.25) is 0 Å². The number of hydrogen-bond donors (Lipinski definition) is 2. The molecule has 0 atom stereocenters. The van der Waals surface area contributed by atoms with E-state index in [4.69, 9.17) is 4.74 Å². The molecule has 0 aliphatic carbocycles. The molecule has 0 amide bonds. The first-order valence-corrected chi connectivity index (χ1v) is 10.3. The Bertz CT molecular complexity index is 1210. The van der Waals surface area contributed by atoms with E-state index in [1.54, 1.807) is 0 Å². The van der Waals surface area contributed by atoms with Crippen LogP contribution in [0.1, 0.15) is 5.56 Å². The molecule has 2 aromatic heterocycles. The number of aromatic nitrogens is 3. The lowest BCUT2D eigenvalue weighted by Gasteiger charge is -2.14. The molecule has 10 nitrogen and oxygen atoms in total. The fourth-order valence-electron chi connectivity index (χ4n) is 2.44. The number of H-pyrrole nitrogens is 1. The van der Waals surface area contributed by atoms with E-state index in [1.807, 2.05) is 0 Å². The summed E-state index contributed by atoms with van der Waals surface area (Å²) in [6.45, 7) is -0.455. The van der Waals surface area contributed by atoms with E-state index in [0.717, 1.165) is 18.4 Å². The van der Waals surface area contributed by atoms with Gasteiger partial charge in [-0.25, -0.2) is 9.78 Å². The summed E-state index contributed by atoms with van der Waals surface area (Å²) in [5.41, 5.74) is -0.423. The van der Waals surface area contributed by atoms with Gasteiger partial charge in [-0.2, -0.15) is 21.6 Å². The molecular weight excluding hydrogens is 445 g/mol. The predicted molar refractivity (Wildman–Crippen MR) is 101 cm³/mol. The molecule has 0 unspecified atom stereocenters. The Morgan fingerprint density at radius 3 is 2.45 bits per heavy atom. The molecule has 14 heteroatoms. The van der Waals surface area contributed by atoms with Crippen LogP contribution in [0.5, 0.6) is 5.75 Å². The van der Waals surface area contributed by atoms with Crippen LogP contribution >= 0.6 is 0 Å². The van der Waals surface area contributed by atoms with Gasteiger partial charge in [-0.3, -0.25) is 13.7 Å². The van der Waals surface area contributed by atoms with Gasteiger partial charge in [0.15, 0.2) is 5.82 Å². The third-order valence-electron chi connectivity index (χ3n) is 3.70. The highest BCUT2D eigenvalue weighted by Gasteiger charge is 2.30. The number of pyridine rings is 1. The molecule has 0 saturated carbocycles. The Labute approximate surface area is 173 Å². The second kappa shape index (κ2) is 8.77. The maximum Gasteiger partial charge on any atom is 0.439 e. The molecule has 2 heterocycles. The summed E-state index contributed by atoms with van der Waals surface area (Å²) >= 11 is 0. The number of rotatable bonds is 8. The van der Waals surface area contributed by atoms with E-state index in [0.29, 0.717) is 0 Å². The van der Waals surface area contributed by atoms with E-state index >= 15 is 0 Å². The normalized spacial score (nSPS) is 12.0. The van der Waals surface area contributed by atoms with Crippen LogP contribution in [0.15, 0.2) is 45.8 Å². The molecule has 3 aromatic rings. The maximum atomic E-state index is 12.8. The van der Waals surface area contributed by atoms with Crippen LogP contribution in [-0.4, -0.2) is 43.0 Å². The molecule has 3 rings (SSSR count). The van der Waals surface area contributed by atoms with E-state index in [9.17, 15) is 26.4 Å². The Morgan fingerprint density at radius 2 is 1.87 bits per heavy atom. The lowest BCUT2D eigenvalue weighted by molar-refractivity contribution is -0.137. The van der Waals surface area contributed by atoms with Gasteiger partial charge >= 0.3 is 11.9 Å². The van der Waals surface area contributed by atoms with Crippen molar-refractivity contribution in [3.63, 3.8) is 0 Å². The summed E-state index contributed by atoms with van der Waals surface area (Å²) in [7, 11) is -3.66. The third kappa shape index (κ3) is 6.05. The molecule has 0 aliphatic heterocycles. The first-order chi connectivity index (χ1) is 14.5. The van der Waals surface area contributed by atoms with Gasteiger partial charge in [0.2, 0.25) is 0 Å². The van der Waals surface area contributed by atoms with Crippen molar-refractivity contribution in [2.75, 3.05) is 24.8 Å². The zero-order valence-corrected chi connectivity index (χ0v) is 16.6. The Hall–Kier alpha value is -3.39. The first-order valence-electron chi connectivity index (χ1n) is 8.50. The molecule has 166 valence electrons. The van der Waals surface area contributed by atoms with Gasteiger partial charge in [-0.15, -0.1) is 0 Å². The molecular formula is C17H15F3N4O6S. The van der Waals surface area contributed by atoms with Gasteiger partial charge in [0.05, 0.1) is 11.8 Å².